The van der Waals surface area contributed by atoms with Crippen molar-refractivity contribution in [2.45, 2.75) is 45.2 Å². The van der Waals surface area contributed by atoms with Crippen LogP contribution in [0.15, 0.2) is 24.5 Å². The van der Waals surface area contributed by atoms with Gasteiger partial charge < -0.3 is 5.32 Å². The van der Waals surface area contributed by atoms with E-state index in [4.69, 9.17) is 0 Å². The van der Waals surface area contributed by atoms with Crippen LogP contribution < -0.4 is 5.32 Å². The molecule has 2 heterocycles. The summed E-state index contributed by atoms with van der Waals surface area (Å²) in [5.74, 6) is 0. The lowest BCUT2D eigenvalue weighted by Crippen LogP contribution is -2.39. The molecule has 2 rings (SSSR count). The molecule has 100 valence electrons. The van der Waals surface area contributed by atoms with Crippen LogP contribution in [0.1, 0.15) is 44.7 Å². The maximum atomic E-state index is 4.11. The number of rotatable bonds is 6. The van der Waals surface area contributed by atoms with Gasteiger partial charge in [-0.1, -0.05) is 6.92 Å². The summed E-state index contributed by atoms with van der Waals surface area (Å²) < 4.78 is 0. The second-order valence-electron chi connectivity index (χ2n) is 5.24. The number of pyridine rings is 1. The molecule has 1 saturated heterocycles. The highest BCUT2D eigenvalue weighted by molar-refractivity contribution is 5.14. The van der Waals surface area contributed by atoms with Crippen molar-refractivity contribution in [2.24, 2.45) is 0 Å². The van der Waals surface area contributed by atoms with Crippen molar-refractivity contribution in [2.75, 3.05) is 19.6 Å². The third kappa shape index (κ3) is 3.53. The van der Waals surface area contributed by atoms with E-state index in [0.717, 1.165) is 6.54 Å². The average Bonchev–Trinajstić information content (AvgIpc) is 2.91. The molecular weight excluding hydrogens is 222 g/mol. The minimum Gasteiger partial charge on any atom is -0.313 e. The van der Waals surface area contributed by atoms with Crippen molar-refractivity contribution in [1.82, 2.24) is 15.2 Å². The Balaban J connectivity index is 1.99. The Labute approximate surface area is 111 Å². The van der Waals surface area contributed by atoms with Crippen molar-refractivity contribution >= 4 is 0 Å². The summed E-state index contributed by atoms with van der Waals surface area (Å²) >= 11 is 0. The normalized spacial score (nSPS) is 21.4. The van der Waals surface area contributed by atoms with Crippen LogP contribution in [0.5, 0.6) is 0 Å². The quantitative estimate of drug-likeness (QED) is 0.837. The number of hydrogen-bond acceptors (Lipinski definition) is 3. The monoisotopic (exact) mass is 247 g/mol. The topological polar surface area (TPSA) is 28.2 Å². The second kappa shape index (κ2) is 6.86. The van der Waals surface area contributed by atoms with Gasteiger partial charge in [0.25, 0.3) is 0 Å². The van der Waals surface area contributed by atoms with Crippen molar-refractivity contribution in [3.05, 3.63) is 30.1 Å². The van der Waals surface area contributed by atoms with E-state index < -0.39 is 0 Å². The summed E-state index contributed by atoms with van der Waals surface area (Å²) in [5.41, 5.74) is 1.37. The largest absolute Gasteiger partial charge is 0.313 e. The van der Waals surface area contributed by atoms with E-state index in [2.05, 4.69) is 41.2 Å². The number of nitrogens with one attached hydrogen (secondary N) is 1. The Kier molecular flexibility index (Phi) is 5.14. The van der Waals surface area contributed by atoms with Crippen LogP contribution in [0.4, 0.5) is 0 Å². The Morgan fingerprint density at radius 2 is 2.22 bits per heavy atom. The van der Waals surface area contributed by atoms with Gasteiger partial charge in [-0.2, -0.15) is 0 Å². The third-order valence-corrected chi connectivity index (χ3v) is 3.86. The van der Waals surface area contributed by atoms with Gasteiger partial charge in [0.15, 0.2) is 0 Å². The fourth-order valence-corrected chi connectivity index (χ4v) is 2.78. The molecule has 1 aromatic heterocycles. The van der Waals surface area contributed by atoms with Crippen molar-refractivity contribution < 1.29 is 0 Å². The van der Waals surface area contributed by atoms with E-state index in [1.54, 1.807) is 0 Å². The van der Waals surface area contributed by atoms with E-state index >= 15 is 0 Å². The fourth-order valence-electron chi connectivity index (χ4n) is 2.78. The zero-order valence-corrected chi connectivity index (χ0v) is 11.6. The first-order valence-corrected chi connectivity index (χ1v) is 7.18. The van der Waals surface area contributed by atoms with Crippen LogP contribution >= 0.6 is 0 Å². The van der Waals surface area contributed by atoms with Gasteiger partial charge in [-0.15, -0.1) is 0 Å². The first kappa shape index (κ1) is 13.5. The van der Waals surface area contributed by atoms with Gasteiger partial charge in [0, 0.05) is 31.0 Å². The Morgan fingerprint density at radius 1 is 1.44 bits per heavy atom. The van der Waals surface area contributed by atoms with Crippen LogP contribution in [0.2, 0.25) is 0 Å². The molecule has 0 aliphatic carbocycles. The fraction of sp³-hybridized carbons (Fsp3) is 0.667. The smallest absolute Gasteiger partial charge is 0.0321 e. The van der Waals surface area contributed by atoms with Crippen LogP contribution in [0.25, 0.3) is 0 Å². The van der Waals surface area contributed by atoms with Gasteiger partial charge in [-0.25, -0.2) is 0 Å². The summed E-state index contributed by atoms with van der Waals surface area (Å²) in [6.45, 7) is 8.08. The first-order chi connectivity index (χ1) is 8.81. The minimum atomic E-state index is 0.482. The Morgan fingerprint density at radius 3 is 2.83 bits per heavy atom. The van der Waals surface area contributed by atoms with Gasteiger partial charge >= 0.3 is 0 Å². The number of nitrogens with zero attached hydrogens (tertiary/aromatic N) is 2. The molecule has 0 saturated carbocycles. The third-order valence-electron chi connectivity index (χ3n) is 3.86. The molecule has 3 nitrogen and oxygen atoms in total. The van der Waals surface area contributed by atoms with Gasteiger partial charge in [0.1, 0.15) is 0 Å². The zero-order chi connectivity index (χ0) is 12.8. The lowest BCUT2D eigenvalue weighted by Gasteiger charge is -2.31. The molecule has 1 N–H and O–H groups in total. The molecule has 3 heteroatoms. The SMILES string of the molecule is CCCN(CC1CCCN1)C(C)c1ccncc1. The number of hydrogen-bond donors (Lipinski definition) is 1. The summed E-state index contributed by atoms with van der Waals surface area (Å²) in [6.07, 6.45) is 7.65. The minimum absolute atomic E-state index is 0.482. The highest BCUT2D eigenvalue weighted by atomic mass is 15.2. The highest BCUT2D eigenvalue weighted by Crippen LogP contribution is 2.21. The summed E-state index contributed by atoms with van der Waals surface area (Å²) in [4.78, 5) is 6.70. The summed E-state index contributed by atoms with van der Waals surface area (Å²) in [7, 11) is 0. The molecule has 0 amide bonds. The van der Waals surface area contributed by atoms with Gasteiger partial charge in [-0.05, 0) is 57.0 Å². The van der Waals surface area contributed by atoms with E-state index in [0.29, 0.717) is 12.1 Å². The zero-order valence-electron chi connectivity index (χ0n) is 11.6. The molecule has 2 atom stereocenters. The lowest BCUT2D eigenvalue weighted by molar-refractivity contribution is 0.192. The van der Waals surface area contributed by atoms with Gasteiger partial charge in [0.05, 0.1) is 0 Å². The molecule has 0 radical (unpaired) electrons. The van der Waals surface area contributed by atoms with Gasteiger partial charge in [-0.3, -0.25) is 9.88 Å². The maximum absolute atomic E-state index is 4.11. The summed E-state index contributed by atoms with van der Waals surface area (Å²) in [5, 5.41) is 3.60. The maximum Gasteiger partial charge on any atom is 0.0321 e. The van der Waals surface area contributed by atoms with E-state index in [-0.39, 0.29) is 0 Å². The molecule has 18 heavy (non-hydrogen) atoms. The van der Waals surface area contributed by atoms with Crippen molar-refractivity contribution in [3.63, 3.8) is 0 Å². The highest BCUT2D eigenvalue weighted by Gasteiger charge is 2.21. The van der Waals surface area contributed by atoms with Crippen molar-refractivity contribution in [1.29, 1.82) is 0 Å². The van der Waals surface area contributed by atoms with Crippen molar-refractivity contribution in [3.8, 4) is 0 Å². The molecule has 0 spiro atoms. The number of aromatic nitrogens is 1. The Hall–Kier alpha value is -0.930. The van der Waals surface area contributed by atoms with Crippen LogP contribution in [-0.2, 0) is 0 Å². The van der Waals surface area contributed by atoms with Gasteiger partial charge in [0.2, 0.25) is 0 Å². The van der Waals surface area contributed by atoms with E-state index in [9.17, 15) is 0 Å². The first-order valence-electron chi connectivity index (χ1n) is 7.18. The summed E-state index contributed by atoms with van der Waals surface area (Å²) in [6, 6.07) is 5.43. The second-order valence-corrected chi connectivity index (χ2v) is 5.24. The van der Waals surface area contributed by atoms with Crippen LogP contribution in [0.3, 0.4) is 0 Å². The lowest BCUT2D eigenvalue weighted by atomic mass is 10.1. The predicted molar refractivity (Wildman–Crippen MR) is 75.5 cm³/mol. The van der Waals surface area contributed by atoms with Crippen LogP contribution in [-0.4, -0.2) is 35.6 Å². The molecule has 2 unspecified atom stereocenters. The van der Waals surface area contributed by atoms with E-state index in [1.165, 1.54) is 37.9 Å². The average molecular weight is 247 g/mol. The molecule has 0 bridgehead atoms. The molecule has 1 aromatic rings. The molecule has 1 aliphatic heterocycles. The standard InChI is InChI=1S/C15H25N3/c1-3-11-18(12-15-5-4-8-17-15)13(2)14-6-9-16-10-7-14/h6-7,9-10,13,15,17H,3-5,8,11-12H2,1-2H3. The van der Waals surface area contributed by atoms with E-state index in [1.807, 2.05) is 12.4 Å². The Bertz CT molecular complexity index is 333. The molecule has 1 aliphatic rings. The molecular formula is C15H25N3. The molecule has 1 fully saturated rings. The van der Waals surface area contributed by atoms with Crippen LogP contribution in [0, 0.1) is 0 Å². The predicted octanol–water partition coefficient (Wildman–Crippen LogP) is 2.61. The molecule has 0 aromatic carbocycles.